The molecule has 0 aliphatic carbocycles. The van der Waals surface area contributed by atoms with Crippen molar-refractivity contribution in [2.24, 2.45) is 0 Å². The third-order valence-corrected chi connectivity index (χ3v) is 2.33. The quantitative estimate of drug-likeness (QED) is 0.510. The summed E-state index contributed by atoms with van der Waals surface area (Å²) in [6.07, 6.45) is 6.54. The number of aromatic nitrogens is 2. The fourth-order valence-corrected chi connectivity index (χ4v) is 1.41. The number of hydrogen-bond acceptors (Lipinski definition) is 3. The van der Waals surface area contributed by atoms with Crippen molar-refractivity contribution in [2.75, 3.05) is 19.8 Å². The molecule has 0 amide bonds. The second-order valence-electron chi connectivity index (χ2n) is 3.54. The summed E-state index contributed by atoms with van der Waals surface area (Å²) in [5.41, 5.74) is 1.22. The zero-order chi connectivity index (χ0) is 11.6. The van der Waals surface area contributed by atoms with Crippen LogP contribution < -0.4 is 5.32 Å². The third kappa shape index (κ3) is 4.59. The number of nitrogens with zero attached hydrogens (tertiary/aromatic N) is 2. The van der Waals surface area contributed by atoms with Gasteiger partial charge in [0.1, 0.15) is 0 Å². The molecule has 0 aliphatic heterocycles. The molecule has 90 valence electrons. The number of ether oxygens (including phenoxy) is 1. The lowest BCUT2D eigenvalue weighted by Crippen LogP contribution is -2.21. The molecule has 16 heavy (non-hydrogen) atoms. The van der Waals surface area contributed by atoms with Gasteiger partial charge in [-0.25, -0.2) is 4.98 Å². The highest BCUT2D eigenvalue weighted by Gasteiger charge is 1.98. The lowest BCUT2D eigenvalue weighted by atomic mass is 10.4. The summed E-state index contributed by atoms with van der Waals surface area (Å²) in [5.74, 6) is 0. The predicted molar refractivity (Wildman–Crippen MR) is 65.2 cm³/mol. The van der Waals surface area contributed by atoms with E-state index in [1.807, 2.05) is 18.6 Å². The van der Waals surface area contributed by atoms with Crippen LogP contribution in [0.25, 0.3) is 0 Å². The van der Waals surface area contributed by atoms with E-state index >= 15 is 0 Å². The minimum Gasteiger partial charge on any atom is -0.380 e. The largest absolute Gasteiger partial charge is 0.380 e. The standard InChI is InChI=1S/C12H21N3O/c1-3-5-7-16-8-6-13-9-12-10-14-11-15(12)4-2/h3,10-11,13H,1,4-9H2,2H3. The SMILES string of the molecule is C=CCCOCCNCc1cncn1CC. The molecule has 0 spiro atoms. The molecule has 0 aromatic carbocycles. The van der Waals surface area contributed by atoms with Crippen LogP contribution in [-0.4, -0.2) is 29.3 Å². The lowest BCUT2D eigenvalue weighted by Gasteiger charge is -2.07. The second kappa shape index (κ2) is 8.07. The molecule has 1 N–H and O–H groups in total. The van der Waals surface area contributed by atoms with Crippen LogP contribution in [0.15, 0.2) is 25.2 Å². The van der Waals surface area contributed by atoms with Gasteiger partial charge in [-0.1, -0.05) is 6.08 Å². The molecule has 1 aromatic rings. The molecule has 0 fully saturated rings. The Morgan fingerprint density at radius 3 is 3.19 bits per heavy atom. The third-order valence-electron chi connectivity index (χ3n) is 2.33. The van der Waals surface area contributed by atoms with Crippen molar-refractivity contribution in [3.8, 4) is 0 Å². The van der Waals surface area contributed by atoms with Crippen LogP contribution in [0.5, 0.6) is 0 Å². The zero-order valence-electron chi connectivity index (χ0n) is 9.98. The predicted octanol–water partition coefficient (Wildman–Crippen LogP) is 1.59. The van der Waals surface area contributed by atoms with Crippen molar-refractivity contribution in [1.29, 1.82) is 0 Å². The first-order chi connectivity index (χ1) is 7.88. The van der Waals surface area contributed by atoms with Crippen LogP contribution in [-0.2, 0) is 17.8 Å². The summed E-state index contributed by atoms with van der Waals surface area (Å²) in [4.78, 5) is 4.11. The summed E-state index contributed by atoms with van der Waals surface area (Å²) in [6.45, 7) is 9.94. The first-order valence-corrected chi connectivity index (χ1v) is 5.76. The van der Waals surface area contributed by atoms with Crippen LogP contribution >= 0.6 is 0 Å². The fourth-order valence-electron chi connectivity index (χ4n) is 1.41. The Hall–Kier alpha value is -1.13. The topological polar surface area (TPSA) is 39.1 Å². The van der Waals surface area contributed by atoms with E-state index in [-0.39, 0.29) is 0 Å². The number of hydrogen-bond donors (Lipinski definition) is 1. The molecular formula is C12H21N3O. The molecule has 0 saturated carbocycles. The van der Waals surface area contributed by atoms with E-state index in [1.165, 1.54) is 5.69 Å². The molecule has 1 rings (SSSR count). The Balaban J connectivity index is 2.05. The number of rotatable bonds is 9. The summed E-state index contributed by atoms with van der Waals surface area (Å²) < 4.78 is 7.52. The molecular weight excluding hydrogens is 202 g/mol. The highest BCUT2D eigenvalue weighted by atomic mass is 16.5. The van der Waals surface area contributed by atoms with Crippen molar-refractivity contribution in [1.82, 2.24) is 14.9 Å². The van der Waals surface area contributed by atoms with Gasteiger partial charge in [-0.2, -0.15) is 0 Å². The Morgan fingerprint density at radius 2 is 2.44 bits per heavy atom. The monoisotopic (exact) mass is 223 g/mol. The van der Waals surface area contributed by atoms with E-state index in [9.17, 15) is 0 Å². The van der Waals surface area contributed by atoms with Crippen molar-refractivity contribution in [3.05, 3.63) is 30.9 Å². The molecule has 0 bridgehead atoms. The van der Waals surface area contributed by atoms with Gasteiger partial charge < -0.3 is 14.6 Å². The Kier molecular flexibility index (Phi) is 6.53. The average molecular weight is 223 g/mol. The van der Waals surface area contributed by atoms with Crippen LogP contribution in [0, 0.1) is 0 Å². The van der Waals surface area contributed by atoms with Gasteiger partial charge in [-0.3, -0.25) is 0 Å². The van der Waals surface area contributed by atoms with Crippen LogP contribution in [0.3, 0.4) is 0 Å². The lowest BCUT2D eigenvalue weighted by molar-refractivity contribution is 0.140. The smallest absolute Gasteiger partial charge is 0.0948 e. The van der Waals surface area contributed by atoms with Gasteiger partial charge >= 0.3 is 0 Å². The summed E-state index contributed by atoms with van der Waals surface area (Å²) in [5, 5.41) is 3.33. The molecule has 0 saturated heterocycles. The maximum atomic E-state index is 5.39. The molecule has 4 nitrogen and oxygen atoms in total. The molecule has 1 heterocycles. The second-order valence-corrected chi connectivity index (χ2v) is 3.54. The molecule has 0 aliphatic rings. The van der Waals surface area contributed by atoms with Crippen molar-refractivity contribution in [3.63, 3.8) is 0 Å². The van der Waals surface area contributed by atoms with E-state index in [0.29, 0.717) is 0 Å². The highest BCUT2D eigenvalue weighted by molar-refractivity contribution is 4.97. The Bertz CT molecular complexity index is 296. The molecule has 0 unspecified atom stereocenters. The van der Waals surface area contributed by atoms with Crippen LogP contribution in [0.2, 0.25) is 0 Å². The van der Waals surface area contributed by atoms with Gasteiger partial charge in [0.05, 0.1) is 25.2 Å². The van der Waals surface area contributed by atoms with Gasteiger partial charge in [-0.05, 0) is 13.3 Å². The van der Waals surface area contributed by atoms with E-state index in [4.69, 9.17) is 4.74 Å². The van der Waals surface area contributed by atoms with Gasteiger partial charge in [0.25, 0.3) is 0 Å². The molecule has 0 radical (unpaired) electrons. The first-order valence-electron chi connectivity index (χ1n) is 5.76. The van der Waals surface area contributed by atoms with Gasteiger partial charge in [-0.15, -0.1) is 6.58 Å². The highest BCUT2D eigenvalue weighted by Crippen LogP contribution is 1.97. The fraction of sp³-hybridized carbons (Fsp3) is 0.583. The number of imidazole rings is 1. The minimum absolute atomic E-state index is 0.744. The van der Waals surface area contributed by atoms with E-state index in [1.54, 1.807) is 0 Å². The van der Waals surface area contributed by atoms with Gasteiger partial charge in [0.2, 0.25) is 0 Å². The van der Waals surface area contributed by atoms with Gasteiger partial charge in [0, 0.05) is 25.8 Å². The number of nitrogens with one attached hydrogen (secondary N) is 1. The summed E-state index contributed by atoms with van der Waals surface area (Å²) in [7, 11) is 0. The normalized spacial score (nSPS) is 10.6. The molecule has 1 aromatic heterocycles. The van der Waals surface area contributed by atoms with E-state index in [0.717, 1.165) is 39.3 Å². The average Bonchev–Trinajstić information content (AvgIpc) is 2.75. The van der Waals surface area contributed by atoms with E-state index < -0.39 is 0 Å². The van der Waals surface area contributed by atoms with Crippen molar-refractivity contribution < 1.29 is 4.74 Å². The summed E-state index contributed by atoms with van der Waals surface area (Å²) in [6, 6.07) is 0. The number of aryl methyl sites for hydroxylation is 1. The zero-order valence-corrected chi connectivity index (χ0v) is 9.98. The molecule has 4 heteroatoms. The minimum atomic E-state index is 0.744. The van der Waals surface area contributed by atoms with Crippen LogP contribution in [0.4, 0.5) is 0 Å². The van der Waals surface area contributed by atoms with Crippen LogP contribution in [0.1, 0.15) is 19.0 Å². The van der Waals surface area contributed by atoms with Gasteiger partial charge in [0.15, 0.2) is 0 Å². The van der Waals surface area contributed by atoms with Crippen molar-refractivity contribution in [2.45, 2.75) is 26.4 Å². The van der Waals surface area contributed by atoms with E-state index in [2.05, 4.69) is 28.4 Å². The maximum Gasteiger partial charge on any atom is 0.0948 e. The Labute approximate surface area is 97.3 Å². The molecule has 0 atom stereocenters. The van der Waals surface area contributed by atoms with Crippen molar-refractivity contribution >= 4 is 0 Å². The first kappa shape index (κ1) is 12.9. The Morgan fingerprint density at radius 1 is 1.56 bits per heavy atom. The maximum absolute atomic E-state index is 5.39. The summed E-state index contributed by atoms with van der Waals surface area (Å²) >= 11 is 0.